The number of hydrogen-bond acceptors (Lipinski definition) is 6. The molecular formula is C13H18N4O2S2. The lowest BCUT2D eigenvalue weighted by molar-refractivity contribution is 0.469. The highest BCUT2D eigenvalue weighted by Crippen LogP contribution is 2.27. The average molecular weight is 326 g/mol. The highest BCUT2D eigenvalue weighted by Gasteiger charge is 2.24. The van der Waals surface area contributed by atoms with Crippen molar-refractivity contribution in [3.8, 4) is 0 Å². The summed E-state index contributed by atoms with van der Waals surface area (Å²) in [5.41, 5.74) is 2.34. The Bertz CT molecular complexity index is 684. The predicted octanol–water partition coefficient (Wildman–Crippen LogP) is 2.10. The number of hydrazine groups is 1. The number of pyridine rings is 1. The number of nitrogens with zero attached hydrogens (tertiary/aromatic N) is 1. The standard InChI is InChI=1S/C13H18N4O2S2/c1-9(2)13(11-4-3-7-20-11)17-21(18,19)10-5-6-15-12(8-10)16-14/h3-9,13,17H,14H2,1-2H3,(H,15,16). The van der Waals surface area contributed by atoms with Crippen molar-refractivity contribution in [2.75, 3.05) is 5.43 Å². The van der Waals surface area contributed by atoms with Gasteiger partial charge in [0.15, 0.2) is 0 Å². The molecule has 21 heavy (non-hydrogen) atoms. The smallest absolute Gasteiger partial charge is 0.241 e. The van der Waals surface area contributed by atoms with Gasteiger partial charge in [0, 0.05) is 17.1 Å². The van der Waals surface area contributed by atoms with Crippen molar-refractivity contribution >= 4 is 27.2 Å². The van der Waals surface area contributed by atoms with E-state index in [1.165, 1.54) is 29.7 Å². The number of nitrogens with one attached hydrogen (secondary N) is 2. The van der Waals surface area contributed by atoms with E-state index in [-0.39, 0.29) is 16.9 Å². The van der Waals surface area contributed by atoms with E-state index < -0.39 is 10.0 Å². The molecule has 4 N–H and O–H groups in total. The zero-order valence-corrected chi connectivity index (χ0v) is 13.4. The summed E-state index contributed by atoms with van der Waals surface area (Å²) in [6.45, 7) is 3.96. The molecule has 6 nitrogen and oxygen atoms in total. The Balaban J connectivity index is 2.30. The van der Waals surface area contributed by atoms with Gasteiger partial charge in [-0.1, -0.05) is 19.9 Å². The Morgan fingerprint density at radius 3 is 2.67 bits per heavy atom. The van der Waals surface area contributed by atoms with Crippen molar-refractivity contribution < 1.29 is 8.42 Å². The number of nitrogen functional groups attached to an aromatic ring is 1. The molecule has 0 radical (unpaired) electrons. The fourth-order valence-corrected chi connectivity index (χ4v) is 4.28. The number of rotatable bonds is 6. The van der Waals surface area contributed by atoms with Crippen LogP contribution in [0.2, 0.25) is 0 Å². The number of anilines is 1. The Labute approximate surface area is 128 Å². The van der Waals surface area contributed by atoms with Gasteiger partial charge in [0.05, 0.1) is 10.9 Å². The van der Waals surface area contributed by atoms with Crippen molar-refractivity contribution in [1.29, 1.82) is 0 Å². The molecule has 0 spiro atoms. The molecule has 1 unspecified atom stereocenters. The molecule has 2 aromatic heterocycles. The maximum Gasteiger partial charge on any atom is 0.241 e. The average Bonchev–Trinajstić information content (AvgIpc) is 2.98. The van der Waals surface area contributed by atoms with Gasteiger partial charge in [-0.2, -0.15) is 0 Å². The zero-order chi connectivity index (χ0) is 15.5. The molecule has 0 fully saturated rings. The molecule has 2 rings (SSSR count). The van der Waals surface area contributed by atoms with Gasteiger partial charge < -0.3 is 5.43 Å². The Kier molecular flexibility index (Phi) is 4.94. The van der Waals surface area contributed by atoms with Gasteiger partial charge in [-0.3, -0.25) is 0 Å². The molecule has 114 valence electrons. The van der Waals surface area contributed by atoms with Crippen LogP contribution in [0, 0.1) is 5.92 Å². The second-order valence-electron chi connectivity index (χ2n) is 4.88. The van der Waals surface area contributed by atoms with Crippen LogP contribution in [0.3, 0.4) is 0 Å². The lowest BCUT2D eigenvalue weighted by atomic mass is 10.0. The number of nitrogens with two attached hydrogens (primary N) is 1. The molecule has 0 amide bonds. The number of hydrogen-bond donors (Lipinski definition) is 3. The lowest BCUT2D eigenvalue weighted by Gasteiger charge is -2.21. The fraction of sp³-hybridized carbons (Fsp3) is 0.308. The van der Waals surface area contributed by atoms with E-state index >= 15 is 0 Å². The highest BCUT2D eigenvalue weighted by molar-refractivity contribution is 7.89. The van der Waals surface area contributed by atoms with E-state index in [2.05, 4.69) is 15.1 Å². The minimum atomic E-state index is -3.64. The summed E-state index contributed by atoms with van der Waals surface area (Å²) in [6.07, 6.45) is 1.40. The van der Waals surface area contributed by atoms with Gasteiger partial charge >= 0.3 is 0 Å². The molecule has 0 aromatic carbocycles. The predicted molar refractivity (Wildman–Crippen MR) is 84.3 cm³/mol. The molecule has 0 bridgehead atoms. The topological polar surface area (TPSA) is 97.1 Å². The second kappa shape index (κ2) is 6.52. The Morgan fingerprint density at radius 1 is 1.33 bits per heavy atom. The van der Waals surface area contributed by atoms with E-state index in [0.29, 0.717) is 5.82 Å². The van der Waals surface area contributed by atoms with Crippen LogP contribution in [-0.4, -0.2) is 13.4 Å². The van der Waals surface area contributed by atoms with Crippen molar-refractivity contribution in [1.82, 2.24) is 9.71 Å². The number of sulfonamides is 1. The van der Waals surface area contributed by atoms with Gasteiger partial charge in [0.1, 0.15) is 5.82 Å². The summed E-state index contributed by atoms with van der Waals surface area (Å²) in [5, 5.41) is 1.93. The quantitative estimate of drug-likeness (QED) is 0.558. The maximum atomic E-state index is 12.5. The summed E-state index contributed by atoms with van der Waals surface area (Å²) < 4.78 is 27.8. The van der Waals surface area contributed by atoms with Gasteiger partial charge in [-0.25, -0.2) is 24.0 Å². The fourth-order valence-electron chi connectivity index (χ4n) is 1.88. The van der Waals surface area contributed by atoms with Crippen LogP contribution in [0.4, 0.5) is 5.82 Å². The number of thiophene rings is 1. The third-order valence-corrected chi connectivity index (χ3v) is 5.38. The molecule has 0 aliphatic heterocycles. The van der Waals surface area contributed by atoms with Gasteiger partial charge in [-0.05, 0) is 23.4 Å². The first kappa shape index (κ1) is 15.9. The van der Waals surface area contributed by atoms with Crippen LogP contribution < -0.4 is 16.0 Å². The van der Waals surface area contributed by atoms with E-state index in [9.17, 15) is 8.42 Å². The van der Waals surface area contributed by atoms with Crippen molar-refractivity contribution in [3.63, 3.8) is 0 Å². The lowest BCUT2D eigenvalue weighted by Crippen LogP contribution is -2.31. The molecule has 0 saturated heterocycles. The third kappa shape index (κ3) is 3.79. The van der Waals surface area contributed by atoms with Crippen molar-refractivity contribution in [2.24, 2.45) is 11.8 Å². The maximum absolute atomic E-state index is 12.5. The monoisotopic (exact) mass is 326 g/mol. The summed E-state index contributed by atoms with van der Waals surface area (Å²) in [4.78, 5) is 5.03. The first-order valence-corrected chi connectivity index (χ1v) is 8.78. The minimum Gasteiger partial charge on any atom is -0.308 e. The molecule has 0 aliphatic rings. The van der Waals surface area contributed by atoms with Gasteiger partial charge in [-0.15, -0.1) is 11.3 Å². The molecule has 1 atom stereocenters. The summed E-state index contributed by atoms with van der Waals surface area (Å²) >= 11 is 1.53. The largest absolute Gasteiger partial charge is 0.308 e. The first-order chi connectivity index (χ1) is 9.94. The first-order valence-electron chi connectivity index (χ1n) is 6.42. The van der Waals surface area contributed by atoms with Gasteiger partial charge in [0.25, 0.3) is 0 Å². The minimum absolute atomic E-state index is 0.132. The molecule has 0 saturated carbocycles. The number of aromatic nitrogens is 1. The zero-order valence-electron chi connectivity index (χ0n) is 11.8. The summed E-state index contributed by atoms with van der Waals surface area (Å²) in [7, 11) is -3.64. The normalized spacial score (nSPS) is 13.3. The van der Waals surface area contributed by atoms with E-state index in [0.717, 1.165) is 4.88 Å². The van der Waals surface area contributed by atoms with E-state index in [1.54, 1.807) is 0 Å². The van der Waals surface area contributed by atoms with Crippen LogP contribution in [-0.2, 0) is 10.0 Å². The Morgan fingerprint density at radius 2 is 2.10 bits per heavy atom. The third-order valence-electron chi connectivity index (χ3n) is 2.99. The summed E-state index contributed by atoms with van der Waals surface area (Å²) in [5.74, 6) is 5.70. The van der Waals surface area contributed by atoms with Crippen LogP contribution in [0.1, 0.15) is 24.8 Å². The van der Waals surface area contributed by atoms with Gasteiger partial charge in [0.2, 0.25) is 10.0 Å². The van der Waals surface area contributed by atoms with Crippen LogP contribution in [0.25, 0.3) is 0 Å². The molecule has 8 heteroatoms. The second-order valence-corrected chi connectivity index (χ2v) is 7.57. The SMILES string of the molecule is CC(C)C(NS(=O)(=O)c1ccnc(NN)c1)c1cccs1. The molecule has 2 aromatic rings. The Hall–Kier alpha value is -1.48. The van der Waals surface area contributed by atoms with Crippen molar-refractivity contribution in [3.05, 3.63) is 40.7 Å². The van der Waals surface area contributed by atoms with E-state index in [4.69, 9.17) is 5.84 Å². The van der Waals surface area contributed by atoms with Crippen molar-refractivity contribution in [2.45, 2.75) is 24.8 Å². The molecule has 0 aliphatic carbocycles. The van der Waals surface area contributed by atoms with Crippen LogP contribution in [0.5, 0.6) is 0 Å². The summed E-state index contributed by atoms with van der Waals surface area (Å²) in [6, 6.07) is 6.41. The van der Waals surface area contributed by atoms with Crippen LogP contribution in [0.15, 0.2) is 40.7 Å². The highest BCUT2D eigenvalue weighted by atomic mass is 32.2. The van der Waals surface area contributed by atoms with E-state index in [1.807, 2.05) is 31.4 Å². The molecule has 2 heterocycles. The van der Waals surface area contributed by atoms with Crippen LogP contribution >= 0.6 is 11.3 Å². The molecular weight excluding hydrogens is 308 g/mol.